The third kappa shape index (κ3) is 2.17. The predicted molar refractivity (Wildman–Crippen MR) is 42.1 cm³/mol. The molecule has 0 radical (unpaired) electrons. The Labute approximate surface area is 61.7 Å². The fourth-order valence-corrected chi connectivity index (χ4v) is 0.625. The van der Waals surface area contributed by atoms with Gasteiger partial charge in [0.25, 0.3) is 5.91 Å². The molecule has 1 aliphatic heterocycles. The second-order valence-corrected chi connectivity index (χ2v) is 1.65. The lowest BCUT2D eigenvalue weighted by Crippen LogP contribution is -2.25. The normalized spacial score (nSPS) is 15.1. The number of amides is 1. The van der Waals surface area contributed by atoms with Crippen molar-refractivity contribution in [2.75, 3.05) is 13.2 Å². The molecule has 3 nitrogen and oxygen atoms in total. The van der Waals surface area contributed by atoms with Crippen molar-refractivity contribution in [1.29, 1.82) is 0 Å². The van der Waals surface area contributed by atoms with Gasteiger partial charge in [0.2, 0.25) is 0 Å². The summed E-state index contributed by atoms with van der Waals surface area (Å²) in [6.07, 6.45) is 1.36. The highest BCUT2D eigenvalue weighted by molar-refractivity contribution is 6.27. The van der Waals surface area contributed by atoms with Gasteiger partial charge < -0.3 is 4.90 Å². The van der Waals surface area contributed by atoms with Gasteiger partial charge in [0.15, 0.2) is 0 Å². The topological polar surface area (TPSA) is 32.7 Å². The Balaban J connectivity index is 0.000000371. The summed E-state index contributed by atoms with van der Waals surface area (Å²) in [6, 6.07) is 0. The summed E-state index contributed by atoms with van der Waals surface area (Å²) in [5, 5.41) is 0. The van der Waals surface area contributed by atoms with Gasteiger partial charge in [-0.2, -0.15) is 0 Å². The molecule has 0 fully saturated rings. The van der Waals surface area contributed by atoms with E-state index >= 15 is 0 Å². The largest absolute Gasteiger partial charge is 0.319 e. The minimum Gasteiger partial charge on any atom is -0.319 e. The Morgan fingerprint density at radius 3 is 2.50 bits per heavy atom. The van der Waals surface area contributed by atoms with Crippen molar-refractivity contribution in [3.05, 3.63) is 0 Å². The maximum Gasteiger partial charge on any atom is 0.266 e. The van der Waals surface area contributed by atoms with E-state index in [0.29, 0.717) is 6.67 Å². The first kappa shape index (κ1) is 9.14. The molecular weight excluding hydrogens is 128 g/mol. The number of hydrogen-bond acceptors (Lipinski definition) is 2. The first-order valence-corrected chi connectivity index (χ1v) is 3.63. The summed E-state index contributed by atoms with van der Waals surface area (Å²) in [5.74, 6) is 0.0347. The lowest BCUT2D eigenvalue weighted by atomic mass is 10.6. The zero-order chi connectivity index (χ0) is 7.98. The highest BCUT2D eigenvalue weighted by atomic mass is 16.2. The van der Waals surface area contributed by atoms with Crippen LogP contribution in [0.4, 0.5) is 0 Å². The van der Waals surface area contributed by atoms with Gasteiger partial charge in [0, 0.05) is 6.54 Å². The Bertz CT molecular complexity index is 132. The van der Waals surface area contributed by atoms with Gasteiger partial charge in [-0.1, -0.05) is 13.8 Å². The number of hydrogen-bond donors (Lipinski definition) is 0. The van der Waals surface area contributed by atoms with E-state index in [1.807, 2.05) is 20.8 Å². The molecule has 0 saturated heterocycles. The Morgan fingerprint density at radius 1 is 1.70 bits per heavy atom. The van der Waals surface area contributed by atoms with Gasteiger partial charge in [-0.15, -0.1) is 0 Å². The van der Waals surface area contributed by atoms with Crippen LogP contribution in [0.1, 0.15) is 20.8 Å². The van der Waals surface area contributed by atoms with Crippen molar-refractivity contribution in [2.45, 2.75) is 20.8 Å². The molecule has 0 atom stereocenters. The molecule has 0 N–H and O–H groups in total. The SMILES string of the molecule is CC.CCN1CN=CC1=O. The maximum atomic E-state index is 10.6. The molecule has 1 amide bonds. The molecule has 0 unspecified atom stereocenters. The van der Waals surface area contributed by atoms with Crippen LogP contribution in [0.5, 0.6) is 0 Å². The van der Waals surface area contributed by atoms with E-state index in [1.165, 1.54) is 6.21 Å². The minimum absolute atomic E-state index is 0.0347. The minimum atomic E-state index is 0.0347. The highest BCUT2D eigenvalue weighted by Crippen LogP contribution is 1.93. The molecule has 1 rings (SSSR count). The van der Waals surface area contributed by atoms with E-state index in [2.05, 4.69) is 4.99 Å². The molecule has 0 aromatic carbocycles. The molecule has 0 saturated carbocycles. The molecule has 1 aliphatic rings. The summed E-state index contributed by atoms with van der Waals surface area (Å²) < 4.78 is 0. The monoisotopic (exact) mass is 142 g/mol. The summed E-state index contributed by atoms with van der Waals surface area (Å²) in [5.41, 5.74) is 0. The van der Waals surface area contributed by atoms with Gasteiger partial charge in [0.1, 0.15) is 6.67 Å². The second kappa shape index (κ2) is 4.97. The van der Waals surface area contributed by atoms with E-state index < -0.39 is 0 Å². The molecule has 0 aromatic heterocycles. The van der Waals surface area contributed by atoms with Crippen LogP contribution in [-0.4, -0.2) is 30.2 Å². The third-order valence-corrected chi connectivity index (χ3v) is 1.15. The zero-order valence-corrected chi connectivity index (χ0v) is 6.79. The molecule has 0 spiro atoms. The fourth-order valence-electron chi connectivity index (χ4n) is 0.625. The van der Waals surface area contributed by atoms with Crippen molar-refractivity contribution in [3.8, 4) is 0 Å². The molecule has 0 aliphatic carbocycles. The van der Waals surface area contributed by atoms with Crippen LogP contribution in [0.2, 0.25) is 0 Å². The molecule has 1 heterocycles. The average Bonchev–Trinajstić information content (AvgIpc) is 2.39. The quantitative estimate of drug-likeness (QED) is 0.535. The van der Waals surface area contributed by atoms with E-state index in [9.17, 15) is 4.79 Å². The van der Waals surface area contributed by atoms with Crippen molar-refractivity contribution < 1.29 is 4.79 Å². The van der Waals surface area contributed by atoms with Crippen LogP contribution < -0.4 is 0 Å². The fraction of sp³-hybridized carbons (Fsp3) is 0.714. The van der Waals surface area contributed by atoms with E-state index in [4.69, 9.17) is 0 Å². The van der Waals surface area contributed by atoms with Gasteiger partial charge >= 0.3 is 0 Å². The lowest BCUT2D eigenvalue weighted by Gasteiger charge is -2.08. The highest BCUT2D eigenvalue weighted by Gasteiger charge is 2.11. The van der Waals surface area contributed by atoms with Crippen LogP contribution in [0, 0.1) is 0 Å². The number of nitrogens with zero attached hydrogens (tertiary/aromatic N) is 2. The first-order chi connectivity index (χ1) is 4.84. The Hall–Kier alpha value is -0.860. The number of carbonyl (C=O) groups excluding carboxylic acids is 1. The van der Waals surface area contributed by atoms with Gasteiger partial charge in [0.05, 0.1) is 6.21 Å². The van der Waals surface area contributed by atoms with Crippen molar-refractivity contribution in [1.82, 2.24) is 4.90 Å². The lowest BCUT2D eigenvalue weighted by molar-refractivity contribution is -0.122. The summed E-state index contributed by atoms with van der Waals surface area (Å²) in [4.78, 5) is 16.0. The molecule has 3 heteroatoms. The Morgan fingerprint density at radius 2 is 2.30 bits per heavy atom. The molecule has 58 valence electrons. The predicted octanol–water partition coefficient (Wildman–Crippen LogP) is 0.903. The van der Waals surface area contributed by atoms with Crippen LogP contribution in [0.15, 0.2) is 4.99 Å². The summed E-state index contributed by atoms with van der Waals surface area (Å²) >= 11 is 0. The third-order valence-electron chi connectivity index (χ3n) is 1.15. The molecule has 0 bridgehead atoms. The van der Waals surface area contributed by atoms with Gasteiger partial charge in [-0.3, -0.25) is 9.79 Å². The van der Waals surface area contributed by atoms with Crippen LogP contribution in [0.3, 0.4) is 0 Å². The zero-order valence-electron chi connectivity index (χ0n) is 6.79. The van der Waals surface area contributed by atoms with Crippen molar-refractivity contribution in [2.24, 2.45) is 4.99 Å². The first-order valence-electron chi connectivity index (χ1n) is 3.63. The van der Waals surface area contributed by atoms with E-state index in [1.54, 1.807) is 4.90 Å². The van der Waals surface area contributed by atoms with E-state index in [-0.39, 0.29) is 5.91 Å². The average molecular weight is 142 g/mol. The Kier molecular flexibility index (Phi) is 4.54. The number of rotatable bonds is 1. The summed E-state index contributed by atoms with van der Waals surface area (Å²) in [6.45, 7) is 7.25. The molecular formula is C7H14N2O. The maximum absolute atomic E-state index is 10.6. The number of aliphatic imine (C=N–C) groups is 1. The summed E-state index contributed by atoms with van der Waals surface area (Å²) in [7, 11) is 0. The second-order valence-electron chi connectivity index (χ2n) is 1.65. The van der Waals surface area contributed by atoms with Crippen LogP contribution in [-0.2, 0) is 4.79 Å². The van der Waals surface area contributed by atoms with Crippen molar-refractivity contribution in [3.63, 3.8) is 0 Å². The van der Waals surface area contributed by atoms with Gasteiger partial charge in [-0.25, -0.2) is 0 Å². The van der Waals surface area contributed by atoms with E-state index in [0.717, 1.165) is 6.54 Å². The standard InChI is InChI=1S/C5H8N2O.C2H6/c1-2-7-4-6-3-5(7)8;1-2/h3H,2,4H2,1H3;1-2H3. The molecule has 0 aromatic rings. The van der Waals surface area contributed by atoms with Gasteiger partial charge in [-0.05, 0) is 6.92 Å². The van der Waals surface area contributed by atoms with Crippen LogP contribution >= 0.6 is 0 Å². The molecule has 10 heavy (non-hydrogen) atoms. The number of carbonyl (C=O) groups is 1. The smallest absolute Gasteiger partial charge is 0.266 e. The van der Waals surface area contributed by atoms with Crippen LogP contribution in [0.25, 0.3) is 0 Å². The van der Waals surface area contributed by atoms with Crippen molar-refractivity contribution >= 4 is 12.1 Å².